The van der Waals surface area contributed by atoms with Crippen LogP contribution in [-0.2, 0) is 32.7 Å². The Morgan fingerprint density at radius 2 is 2.38 bits per heavy atom. The molecule has 0 aliphatic carbocycles. The Balaban J connectivity index is 0.000000490. The first-order chi connectivity index (χ1) is 3.39. The third-order valence-corrected chi connectivity index (χ3v) is 0.738. The molecule has 0 aliphatic rings. The number of aromatic nitrogens is 1. The second-order valence-corrected chi connectivity index (χ2v) is 1.46. The summed E-state index contributed by atoms with van der Waals surface area (Å²) in [5, 5.41) is 0. The fourth-order valence-corrected chi connectivity index (χ4v) is 0.404. The molecule has 0 saturated carbocycles. The fourth-order valence-electron chi connectivity index (χ4n) is 0.404. The quantitative estimate of drug-likeness (QED) is 0.547. The third-order valence-electron chi connectivity index (χ3n) is 0.738. The van der Waals surface area contributed by atoms with Crippen LogP contribution in [0.4, 0.5) is 0 Å². The summed E-state index contributed by atoms with van der Waals surface area (Å²) in [7, 11) is 0. The zero-order valence-electron chi connectivity index (χ0n) is 4.76. The van der Waals surface area contributed by atoms with Crippen LogP contribution in [0.5, 0.6) is 0 Å². The Morgan fingerprint density at radius 3 is 2.62 bits per heavy atom. The summed E-state index contributed by atoms with van der Waals surface area (Å²) in [5.41, 5.74) is 1.16. The molecule has 0 unspecified atom stereocenters. The predicted octanol–water partition coefficient (Wildman–Crippen LogP) is 1.19. The molecule has 0 fully saturated rings. The van der Waals surface area contributed by atoms with Gasteiger partial charge in [0.1, 0.15) is 0 Å². The number of pyridine rings is 1. The van der Waals surface area contributed by atoms with Crippen LogP contribution >= 0.6 is 0 Å². The minimum absolute atomic E-state index is 0. The van der Waals surface area contributed by atoms with Crippen molar-refractivity contribution >= 4 is 0 Å². The average molecular weight is 181 g/mol. The summed E-state index contributed by atoms with van der Waals surface area (Å²) in [4.78, 5) is 3.83. The van der Waals surface area contributed by atoms with E-state index in [0.29, 0.717) is 0 Å². The van der Waals surface area contributed by atoms with Crippen molar-refractivity contribution in [1.82, 2.24) is 4.98 Å². The predicted molar refractivity (Wildman–Crippen MR) is 27.8 cm³/mol. The van der Waals surface area contributed by atoms with Crippen molar-refractivity contribution < 1.29 is 32.7 Å². The molecule has 0 aromatic carbocycles. The minimum Gasteiger partial charge on any atom is -0.304 e. The van der Waals surface area contributed by atoms with Gasteiger partial charge in [0.25, 0.3) is 0 Å². The van der Waals surface area contributed by atoms with Gasteiger partial charge >= 0.3 is 32.7 Å². The van der Waals surface area contributed by atoms with Crippen molar-refractivity contribution in [2.24, 2.45) is 0 Å². The van der Waals surface area contributed by atoms with Crippen LogP contribution < -0.4 is 0 Å². The van der Waals surface area contributed by atoms with E-state index in [1.807, 2.05) is 13.0 Å². The number of hydrogen-bond acceptors (Lipinski definition) is 1. The molecule has 0 N–H and O–H groups in total. The molecule has 0 atom stereocenters. The van der Waals surface area contributed by atoms with E-state index in [0.717, 1.165) is 5.56 Å². The van der Waals surface area contributed by atoms with Gasteiger partial charge in [-0.05, 0) is 0 Å². The molecule has 36 valence electrons. The molecule has 1 rings (SSSR count). The van der Waals surface area contributed by atoms with Crippen molar-refractivity contribution in [2.75, 3.05) is 0 Å². The Morgan fingerprint density at radius 1 is 1.62 bits per heavy atom. The average Bonchev–Trinajstić information content (AvgIpc) is 1.69. The summed E-state index contributed by atoms with van der Waals surface area (Å²) < 4.78 is 0. The zero-order valence-corrected chi connectivity index (χ0v) is 7.59. The van der Waals surface area contributed by atoms with E-state index >= 15 is 0 Å². The number of rotatable bonds is 0. The van der Waals surface area contributed by atoms with Gasteiger partial charge in [-0.25, -0.2) is 12.1 Å². The topological polar surface area (TPSA) is 12.9 Å². The normalized spacial score (nSPS) is 7.62. The molecule has 2 heteroatoms. The maximum absolute atomic E-state index is 3.83. The Kier molecular flexibility index (Phi) is 4.30. The Hall–Kier alpha value is 0.254. The van der Waals surface area contributed by atoms with Crippen molar-refractivity contribution in [3.05, 3.63) is 30.1 Å². The van der Waals surface area contributed by atoms with E-state index in [-0.39, 0.29) is 32.7 Å². The Labute approximate surface area is 74.4 Å². The molecule has 0 bridgehead atoms. The maximum Gasteiger partial charge on any atom is 3.00 e. The van der Waals surface area contributed by atoms with Crippen molar-refractivity contribution in [3.63, 3.8) is 0 Å². The molecule has 1 nitrogen and oxygen atoms in total. The Bertz CT molecular complexity index is 138. The van der Waals surface area contributed by atoms with Crippen LogP contribution in [-0.4, -0.2) is 4.98 Å². The van der Waals surface area contributed by atoms with E-state index in [1.165, 1.54) is 0 Å². The summed E-state index contributed by atoms with van der Waals surface area (Å²) in [6.45, 7) is 1.99. The van der Waals surface area contributed by atoms with E-state index in [4.69, 9.17) is 0 Å². The van der Waals surface area contributed by atoms with Crippen molar-refractivity contribution in [2.45, 2.75) is 6.92 Å². The summed E-state index contributed by atoms with van der Waals surface area (Å²) in [5.74, 6) is 0. The van der Waals surface area contributed by atoms with Gasteiger partial charge in [-0.1, -0.05) is 12.4 Å². The molecule has 0 spiro atoms. The van der Waals surface area contributed by atoms with Crippen LogP contribution in [0.1, 0.15) is 5.56 Å². The van der Waals surface area contributed by atoms with Crippen LogP contribution in [0.15, 0.2) is 18.5 Å². The summed E-state index contributed by atoms with van der Waals surface area (Å²) >= 11 is 0. The van der Waals surface area contributed by atoms with Gasteiger partial charge in [-0.2, -0.15) is 5.56 Å². The zero-order chi connectivity index (χ0) is 5.11. The molecule has 1 aromatic rings. The number of nitrogens with zero attached hydrogens (tertiary/aromatic N) is 1. The van der Waals surface area contributed by atoms with Crippen LogP contribution in [0, 0.1) is 13.0 Å². The first-order valence-electron chi connectivity index (χ1n) is 2.17. The van der Waals surface area contributed by atoms with E-state index < -0.39 is 0 Å². The molecule has 0 aliphatic heterocycles. The van der Waals surface area contributed by atoms with Gasteiger partial charge in [-0.15, -0.1) is 6.92 Å². The SMILES string of the molecule is Cc1c[c-]cnc1.[Y+3]. The van der Waals surface area contributed by atoms with Crippen molar-refractivity contribution in [3.8, 4) is 0 Å². The van der Waals surface area contributed by atoms with E-state index in [2.05, 4.69) is 11.1 Å². The molecule has 8 heavy (non-hydrogen) atoms. The molecule has 1 heterocycles. The van der Waals surface area contributed by atoms with E-state index in [9.17, 15) is 0 Å². The number of aryl methyl sites for hydroxylation is 1. The fraction of sp³-hybridized carbons (Fsp3) is 0.167. The molecule has 0 saturated heterocycles. The monoisotopic (exact) mass is 181 g/mol. The largest absolute Gasteiger partial charge is 3.00 e. The van der Waals surface area contributed by atoms with Gasteiger partial charge in [0.2, 0.25) is 0 Å². The maximum atomic E-state index is 3.83. The summed E-state index contributed by atoms with van der Waals surface area (Å²) in [6, 6.07) is 4.75. The second-order valence-electron chi connectivity index (χ2n) is 1.46. The molecular weight excluding hydrogens is 175 g/mol. The van der Waals surface area contributed by atoms with Gasteiger partial charge in [0.05, 0.1) is 0 Å². The minimum atomic E-state index is 0. The third kappa shape index (κ3) is 2.53. The van der Waals surface area contributed by atoms with Crippen LogP contribution in [0.3, 0.4) is 0 Å². The molecular formula is C6H6NY+2. The van der Waals surface area contributed by atoms with Gasteiger partial charge in [0, 0.05) is 0 Å². The number of hydrogen-bond donors (Lipinski definition) is 0. The van der Waals surface area contributed by atoms with Gasteiger partial charge in [0.15, 0.2) is 0 Å². The standard InChI is InChI=1S/C6H6N.Y/c1-6-3-2-4-7-5-6;/h3-5H,1H3;/q-1;+3. The molecule has 1 aromatic heterocycles. The van der Waals surface area contributed by atoms with Crippen LogP contribution in [0.2, 0.25) is 0 Å². The van der Waals surface area contributed by atoms with E-state index in [1.54, 1.807) is 12.4 Å². The second kappa shape index (κ2) is 4.16. The molecule has 0 amide bonds. The van der Waals surface area contributed by atoms with Crippen molar-refractivity contribution in [1.29, 1.82) is 0 Å². The molecule has 0 radical (unpaired) electrons. The summed E-state index contributed by atoms with van der Waals surface area (Å²) in [6.07, 6.45) is 3.45. The van der Waals surface area contributed by atoms with Crippen LogP contribution in [0.25, 0.3) is 0 Å². The first kappa shape index (κ1) is 8.25. The van der Waals surface area contributed by atoms with Gasteiger partial charge < -0.3 is 4.98 Å². The first-order valence-corrected chi connectivity index (χ1v) is 2.17. The van der Waals surface area contributed by atoms with Gasteiger partial charge in [-0.3, -0.25) is 0 Å². The smallest absolute Gasteiger partial charge is 0.304 e.